The molecule has 3 N–H and O–H groups in total. The van der Waals surface area contributed by atoms with Crippen LogP contribution in [0.5, 0.6) is 0 Å². The van der Waals surface area contributed by atoms with Crippen LogP contribution in [0.25, 0.3) is 0 Å². The Morgan fingerprint density at radius 2 is 2.11 bits per heavy atom. The second-order valence-electron chi connectivity index (χ2n) is 4.28. The highest BCUT2D eigenvalue weighted by molar-refractivity contribution is 6.03. The molecule has 0 bridgehead atoms. The third kappa shape index (κ3) is 3.71. The number of hydrogen-bond donors (Lipinski definition) is 2. The van der Waals surface area contributed by atoms with Gasteiger partial charge in [-0.15, -0.1) is 0 Å². The molecule has 1 aromatic rings. The molecule has 0 atom stereocenters. The van der Waals surface area contributed by atoms with Crippen LogP contribution in [0.2, 0.25) is 0 Å². The Bertz CT molecular complexity index is 482. The average Bonchev–Trinajstić information content (AvgIpc) is 2.37. The Labute approximate surface area is 114 Å². The van der Waals surface area contributed by atoms with Gasteiger partial charge in [-0.05, 0) is 31.4 Å². The van der Waals surface area contributed by atoms with Gasteiger partial charge in [0, 0.05) is 13.6 Å². The molecule has 0 radical (unpaired) electrons. The number of aliphatic imine (C=N–C) groups is 1. The Hall–Kier alpha value is -2.04. The van der Waals surface area contributed by atoms with Crippen molar-refractivity contribution < 1.29 is 4.79 Å². The van der Waals surface area contributed by atoms with E-state index < -0.39 is 0 Å². The Morgan fingerprint density at radius 1 is 1.42 bits per heavy atom. The molecule has 0 aliphatic heterocycles. The molecule has 0 fully saturated rings. The SMILES string of the molecule is CCN=C(N)NC(=O)N(C)c1c(C)cccc1CC. The third-order valence-electron chi connectivity index (χ3n) is 2.91. The number of nitrogens with two attached hydrogens (primary N) is 1. The van der Waals surface area contributed by atoms with Gasteiger partial charge in [0.2, 0.25) is 0 Å². The van der Waals surface area contributed by atoms with Crippen molar-refractivity contribution in [3.05, 3.63) is 29.3 Å². The normalized spacial score (nSPS) is 11.3. The smallest absolute Gasteiger partial charge is 0.328 e. The maximum atomic E-state index is 12.1. The summed E-state index contributed by atoms with van der Waals surface area (Å²) in [5, 5.41) is 2.57. The lowest BCUT2D eigenvalue weighted by molar-refractivity contribution is 0.251. The van der Waals surface area contributed by atoms with Gasteiger partial charge in [-0.2, -0.15) is 0 Å². The summed E-state index contributed by atoms with van der Waals surface area (Å²) in [6, 6.07) is 5.73. The number of rotatable bonds is 3. The van der Waals surface area contributed by atoms with E-state index in [2.05, 4.69) is 17.2 Å². The summed E-state index contributed by atoms with van der Waals surface area (Å²) in [7, 11) is 1.73. The van der Waals surface area contributed by atoms with Crippen LogP contribution in [-0.2, 0) is 6.42 Å². The van der Waals surface area contributed by atoms with Gasteiger partial charge in [-0.1, -0.05) is 25.1 Å². The summed E-state index contributed by atoms with van der Waals surface area (Å²) >= 11 is 0. The molecular formula is C14H22N4O. The van der Waals surface area contributed by atoms with Gasteiger partial charge in [0.15, 0.2) is 5.96 Å². The van der Waals surface area contributed by atoms with Gasteiger partial charge < -0.3 is 5.73 Å². The van der Waals surface area contributed by atoms with Crippen LogP contribution in [0.1, 0.15) is 25.0 Å². The number of carbonyl (C=O) groups is 1. The zero-order valence-corrected chi connectivity index (χ0v) is 12.0. The van der Waals surface area contributed by atoms with Crippen LogP contribution in [0.15, 0.2) is 23.2 Å². The van der Waals surface area contributed by atoms with Crippen molar-refractivity contribution in [2.45, 2.75) is 27.2 Å². The second kappa shape index (κ2) is 6.78. The maximum Gasteiger partial charge on any atom is 0.328 e. The van der Waals surface area contributed by atoms with E-state index in [4.69, 9.17) is 5.73 Å². The molecule has 0 heterocycles. The highest BCUT2D eigenvalue weighted by atomic mass is 16.2. The van der Waals surface area contributed by atoms with Crippen molar-refractivity contribution in [3.8, 4) is 0 Å². The van der Waals surface area contributed by atoms with Crippen molar-refractivity contribution >= 4 is 17.7 Å². The van der Waals surface area contributed by atoms with Crippen molar-refractivity contribution in [2.24, 2.45) is 10.7 Å². The number of guanidine groups is 1. The molecule has 2 amide bonds. The molecule has 0 aromatic heterocycles. The number of hydrogen-bond acceptors (Lipinski definition) is 2. The fourth-order valence-corrected chi connectivity index (χ4v) is 1.99. The van der Waals surface area contributed by atoms with E-state index in [0.717, 1.165) is 23.2 Å². The average molecular weight is 262 g/mol. The van der Waals surface area contributed by atoms with Gasteiger partial charge >= 0.3 is 6.03 Å². The van der Waals surface area contributed by atoms with Crippen LogP contribution in [0.4, 0.5) is 10.5 Å². The molecule has 0 saturated heterocycles. The molecule has 1 aromatic carbocycles. The summed E-state index contributed by atoms with van der Waals surface area (Å²) in [6.07, 6.45) is 0.868. The number of anilines is 1. The summed E-state index contributed by atoms with van der Waals surface area (Å²) in [5.74, 6) is 0.144. The topological polar surface area (TPSA) is 70.7 Å². The van der Waals surface area contributed by atoms with E-state index in [1.807, 2.05) is 32.0 Å². The van der Waals surface area contributed by atoms with E-state index in [0.29, 0.717) is 6.54 Å². The standard InChI is InChI=1S/C14H22N4O/c1-5-11-9-7-8-10(3)12(11)18(4)14(19)17-13(15)16-6-2/h7-9H,5-6H2,1-4H3,(H3,15,16,17,19). The molecule has 5 heteroatoms. The monoisotopic (exact) mass is 262 g/mol. The maximum absolute atomic E-state index is 12.1. The molecule has 5 nitrogen and oxygen atoms in total. The highest BCUT2D eigenvalue weighted by Crippen LogP contribution is 2.24. The van der Waals surface area contributed by atoms with Crippen molar-refractivity contribution in [3.63, 3.8) is 0 Å². The molecule has 0 aliphatic carbocycles. The number of para-hydroxylation sites is 1. The van der Waals surface area contributed by atoms with E-state index >= 15 is 0 Å². The number of carbonyl (C=O) groups excluding carboxylic acids is 1. The zero-order chi connectivity index (χ0) is 14.4. The molecule has 0 unspecified atom stereocenters. The van der Waals surface area contributed by atoms with Crippen LogP contribution < -0.4 is 16.0 Å². The molecule has 19 heavy (non-hydrogen) atoms. The first-order chi connectivity index (χ1) is 9.01. The lowest BCUT2D eigenvalue weighted by Gasteiger charge is -2.22. The lowest BCUT2D eigenvalue weighted by atomic mass is 10.1. The number of aryl methyl sites for hydroxylation is 2. The van der Waals surface area contributed by atoms with Gasteiger partial charge in [-0.25, -0.2) is 4.79 Å². The van der Waals surface area contributed by atoms with E-state index in [-0.39, 0.29) is 12.0 Å². The fourth-order valence-electron chi connectivity index (χ4n) is 1.99. The molecule has 0 spiro atoms. The van der Waals surface area contributed by atoms with E-state index in [1.54, 1.807) is 11.9 Å². The fraction of sp³-hybridized carbons (Fsp3) is 0.429. The third-order valence-corrected chi connectivity index (χ3v) is 2.91. The van der Waals surface area contributed by atoms with Crippen LogP contribution in [0.3, 0.4) is 0 Å². The minimum absolute atomic E-state index is 0.144. The largest absolute Gasteiger partial charge is 0.370 e. The minimum atomic E-state index is -0.279. The lowest BCUT2D eigenvalue weighted by Crippen LogP contribution is -2.45. The number of nitrogens with zero attached hydrogens (tertiary/aromatic N) is 2. The quantitative estimate of drug-likeness (QED) is 0.646. The van der Waals surface area contributed by atoms with Gasteiger partial charge in [-0.3, -0.25) is 15.2 Å². The zero-order valence-electron chi connectivity index (χ0n) is 12.0. The molecule has 104 valence electrons. The summed E-state index contributed by atoms with van der Waals surface area (Å²) in [6.45, 7) is 6.46. The highest BCUT2D eigenvalue weighted by Gasteiger charge is 2.16. The van der Waals surface area contributed by atoms with Gasteiger partial charge in [0.25, 0.3) is 0 Å². The van der Waals surface area contributed by atoms with E-state index in [1.165, 1.54) is 0 Å². The van der Waals surface area contributed by atoms with Crippen molar-refractivity contribution in [2.75, 3.05) is 18.5 Å². The number of urea groups is 1. The second-order valence-corrected chi connectivity index (χ2v) is 4.28. The Kier molecular flexibility index (Phi) is 5.36. The number of amides is 2. The predicted octanol–water partition coefficient (Wildman–Crippen LogP) is 2.04. The van der Waals surface area contributed by atoms with Gasteiger partial charge in [0.1, 0.15) is 0 Å². The summed E-state index contributed by atoms with van der Waals surface area (Å²) < 4.78 is 0. The molecule has 0 aliphatic rings. The first-order valence-electron chi connectivity index (χ1n) is 6.44. The summed E-state index contributed by atoms with van der Waals surface area (Å²) in [4.78, 5) is 17.6. The summed E-state index contributed by atoms with van der Waals surface area (Å²) in [5.41, 5.74) is 8.71. The Balaban J connectivity index is 2.97. The van der Waals surface area contributed by atoms with Crippen molar-refractivity contribution in [1.82, 2.24) is 5.32 Å². The number of benzene rings is 1. The minimum Gasteiger partial charge on any atom is -0.370 e. The number of nitrogens with one attached hydrogen (secondary N) is 1. The van der Waals surface area contributed by atoms with E-state index in [9.17, 15) is 4.79 Å². The van der Waals surface area contributed by atoms with Gasteiger partial charge in [0.05, 0.1) is 5.69 Å². The first-order valence-corrected chi connectivity index (χ1v) is 6.44. The Morgan fingerprint density at radius 3 is 2.68 bits per heavy atom. The molecular weight excluding hydrogens is 240 g/mol. The van der Waals surface area contributed by atoms with Crippen LogP contribution >= 0.6 is 0 Å². The predicted molar refractivity (Wildman–Crippen MR) is 79.7 cm³/mol. The molecule has 1 rings (SSSR count). The van der Waals surface area contributed by atoms with Crippen LogP contribution in [-0.4, -0.2) is 25.6 Å². The molecule has 0 saturated carbocycles. The van der Waals surface area contributed by atoms with Crippen LogP contribution in [0, 0.1) is 6.92 Å². The van der Waals surface area contributed by atoms with Crippen molar-refractivity contribution in [1.29, 1.82) is 0 Å². The first kappa shape index (κ1) is 15.0.